The van der Waals surface area contributed by atoms with Gasteiger partial charge < -0.3 is 9.80 Å². The number of nitrogens with one attached hydrogen (secondary N) is 1. The van der Waals surface area contributed by atoms with Crippen molar-refractivity contribution in [3.63, 3.8) is 0 Å². The predicted molar refractivity (Wildman–Crippen MR) is 121 cm³/mol. The molecule has 2 heterocycles. The van der Waals surface area contributed by atoms with Crippen LogP contribution >= 0.6 is 0 Å². The van der Waals surface area contributed by atoms with E-state index in [0.29, 0.717) is 37.0 Å². The Labute approximate surface area is 190 Å². The van der Waals surface area contributed by atoms with Crippen LogP contribution in [-0.2, 0) is 11.2 Å². The molecular formula is C25H25FN4O3. The number of fused-ring (bicyclic) bond motifs is 1. The predicted octanol–water partition coefficient (Wildman–Crippen LogP) is 2.74. The van der Waals surface area contributed by atoms with Crippen molar-refractivity contribution in [3.8, 4) is 0 Å². The number of hydrogen-bond acceptors (Lipinski definition) is 4. The number of amides is 2. The number of rotatable bonds is 5. The Kier molecular flexibility index (Phi) is 5.44. The highest BCUT2D eigenvalue weighted by atomic mass is 19.1. The molecule has 1 saturated carbocycles. The standard InChI is InChI=1S/C25H25FN4O3/c1-29(24(32)16-7-8-16)17-10-11-30(14-17)25(33)20-12-15(6-9-21(20)26)13-22-18-4-2-3-5-19(18)23(31)28-27-22/h2-6,9,12,16-17H,7-8,10-11,13-14H2,1H3,(H,28,31). The van der Waals surface area contributed by atoms with Gasteiger partial charge in [0.25, 0.3) is 11.5 Å². The van der Waals surface area contributed by atoms with Gasteiger partial charge in [-0.3, -0.25) is 14.4 Å². The molecule has 0 radical (unpaired) electrons. The average molecular weight is 448 g/mol. The number of benzene rings is 2. The maximum atomic E-state index is 14.6. The second kappa shape index (κ2) is 8.42. The lowest BCUT2D eigenvalue weighted by molar-refractivity contribution is -0.133. The fourth-order valence-electron chi connectivity index (χ4n) is 4.56. The van der Waals surface area contributed by atoms with Gasteiger partial charge in [-0.2, -0.15) is 5.10 Å². The minimum absolute atomic E-state index is 0.0121. The van der Waals surface area contributed by atoms with E-state index in [2.05, 4.69) is 10.2 Å². The monoisotopic (exact) mass is 448 g/mol. The fraction of sp³-hybridized carbons (Fsp3) is 0.360. The maximum absolute atomic E-state index is 14.6. The van der Waals surface area contributed by atoms with Gasteiger partial charge in [0.05, 0.1) is 22.7 Å². The average Bonchev–Trinajstić information content (AvgIpc) is 3.57. The topological polar surface area (TPSA) is 86.4 Å². The summed E-state index contributed by atoms with van der Waals surface area (Å²) in [5.41, 5.74) is 1.12. The molecule has 170 valence electrons. The Morgan fingerprint density at radius 1 is 1.15 bits per heavy atom. The minimum Gasteiger partial charge on any atom is -0.341 e. The summed E-state index contributed by atoms with van der Waals surface area (Å²) in [4.78, 5) is 40.9. The van der Waals surface area contributed by atoms with Gasteiger partial charge in [0.15, 0.2) is 0 Å². The SMILES string of the molecule is CN(C(=O)C1CC1)C1CCN(C(=O)c2cc(Cc3n[nH]c(=O)c4ccccc34)ccc2F)C1. The molecule has 1 aliphatic carbocycles. The molecule has 1 N–H and O–H groups in total. The molecule has 33 heavy (non-hydrogen) atoms. The van der Waals surface area contributed by atoms with Crippen molar-refractivity contribution in [3.05, 3.63) is 75.5 Å². The van der Waals surface area contributed by atoms with Gasteiger partial charge in [-0.25, -0.2) is 9.49 Å². The van der Waals surface area contributed by atoms with E-state index in [4.69, 9.17) is 0 Å². The van der Waals surface area contributed by atoms with Crippen LogP contribution in [0.3, 0.4) is 0 Å². The minimum atomic E-state index is -0.575. The first-order chi connectivity index (χ1) is 15.9. The van der Waals surface area contributed by atoms with Gasteiger partial charge in [0, 0.05) is 37.9 Å². The van der Waals surface area contributed by atoms with E-state index in [1.165, 1.54) is 6.07 Å². The van der Waals surface area contributed by atoms with Crippen LogP contribution in [0.5, 0.6) is 0 Å². The summed E-state index contributed by atoms with van der Waals surface area (Å²) < 4.78 is 14.6. The van der Waals surface area contributed by atoms with Crippen molar-refractivity contribution in [1.29, 1.82) is 0 Å². The molecule has 1 aliphatic heterocycles. The largest absolute Gasteiger partial charge is 0.341 e. The summed E-state index contributed by atoms with van der Waals surface area (Å²) in [6.07, 6.45) is 2.92. The second-order valence-electron chi connectivity index (χ2n) is 8.95. The van der Waals surface area contributed by atoms with Gasteiger partial charge >= 0.3 is 0 Å². The summed E-state index contributed by atoms with van der Waals surface area (Å²) in [7, 11) is 1.79. The van der Waals surface area contributed by atoms with E-state index in [1.807, 2.05) is 12.1 Å². The van der Waals surface area contributed by atoms with E-state index in [9.17, 15) is 18.8 Å². The zero-order chi connectivity index (χ0) is 23.1. The third-order valence-electron chi connectivity index (χ3n) is 6.68. The molecular weight excluding hydrogens is 423 g/mol. The number of H-pyrrole nitrogens is 1. The van der Waals surface area contributed by atoms with Gasteiger partial charge in [0.2, 0.25) is 5.91 Å². The maximum Gasteiger partial charge on any atom is 0.272 e. The van der Waals surface area contributed by atoms with E-state index >= 15 is 0 Å². The van der Waals surface area contributed by atoms with Crippen molar-refractivity contribution in [2.75, 3.05) is 20.1 Å². The Hall–Kier alpha value is -3.55. The van der Waals surface area contributed by atoms with Crippen molar-refractivity contribution >= 4 is 22.6 Å². The lowest BCUT2D eigenvalue weighted by Crippen LogP contribution is -2.40. The number of carbonyl (C=O) groups excluding carboxylic acids is 2. The first-order valence-electron chi connectivity index (χ1n) is 11.2. The first-order valence-corrected chi connectivity index (χ1v) is 11.2. The first kappa shape index (κ1) is 21.3. The molecule has 2 amide bonds. The molecule has 3 aromatic rings. The van der Waals surface area contributed by atoms with Gasteiger partial charge in [-0.05, 0) is 43.0 Å². The van der Waals surface area contributed by atoms with E-state index in [0.717, 1.165) is 23.8 Å². The zero-order valence-electron chi connectivity index (χ0n) is 18.4. The van der Waals surface area contributed by atoms with Crippen LogP contribution in [0, 0.1) is 11.7 Å². The second-order valence-corrected chi connectivity index (χ2v) is 8.95. The molecule has 1 atom stereocenters. The number of halogens is 1. The van der Waals surface area contributed by atoms with E-state index < -0.39 is 5.82 Å². The number of hydrogen-bond donors (Lipinski definition) is 1. The van der Waals surface area contributed by atoms with Crippen LogP contribution in [0.2, 0.25) is 0 Å². The summed E-state index contributed by atoms with van der Waals surface area (Å²) in [5.74, 6) is -0.674. The smallest absolute Gasteiger partial charge is 0.272 e. The third kappa shape index (κ3) is 4.13. The van der Waals surface area contributed by atoms with Crippen LogP contribution in [0.15, 0.2) is 47.3 Å². The Morgan fingerprint density at radius 2 is 1.91 bits per heavy atom. The molecule has 1 aromatic heterocycles. The van der Waals surface area contributed by atoms with Crippen molar-refractivity contribution in [2.45, 2.75) is 31.7 Å². The van der Waals surface area contributed by atoms with Gasteiger partial charge in [-0.1, -0.05) is 24.3 Å². The molecule has 0 bridgehead atoms. The number of nitrogens with zero attached hydrogens (tertiary/aromatic N) is 3. The highest BCUT2D eigenvalue weighted by molar-refractivity contribution is 5.95. The van der Waals surface area contributed by atoms with Crippen LogP contribution in [0.4, 0.5) is 4.39 Å². The van der Waals surface area contributed by atoms with Crippen molar-refractivity contribution in [1.82, 2.24) is 20.0 Å². The Bertz CT molecular complexity index is 1300. The summed E-state index contributed by atoms with van der Waals surface area (Å²) in [6, 6.07) is 11.6. The summed E-state index contributed by atoms with van der Waals surface area (Å²) in [6.45, 7) is 0.894. The lowest BCUT2D eigenvalue weighted by Gasteiger charge is -2.25. The molecule has 1 saturated heterocycles. The lowest BCUT2D eigenvalue weighted by atomic mass is 10.0. The number of likely N-dealkylation sites (tertiary alicyclic amines) is 1. The summed E-state index contributed by atoms with van der Waals surface area (Å²) >= 11 is 0. The normalized spacial score (nSPS) is 18.0. The molecule has 2 aromatic carbocycles. The van der Waals surface area contributed by atoms with Crippen molar-refractivity contribution in [2.24, 2.45) is 5.92 Å². The van der Waals surface area contributed by atoms with Gasteiger partial charge in [0.1, 0.15) is 5.82 Å². The number of aromatic nitrogens is 2. The highest BCUT2D eigenvalue weighted by Gasteiger charge is 2.38. The molecule has 2 fully saturated rings. The Morgan fingerprint density at radius 3 is 2.67 bits per heavy atom. The van der Waals surface area contributed by atoms with Crippen LogP contribution in [0.1, 0.15) is 40.9 Å². The molecule has 7 nitrogen and oxygen atoms in total. The van der Waals surface area contributed by atoms with E-state index in [-0.39, 0.29) is 34.9 Å². The van der Waals surface area contributed by atoms with Crippen LogP contribution in [-0.4, -0.2) is 58.0 Å². The molecule has 2 aliphatic rings. The van der Waals surface area contributed by atoms with Crippen molar-refractivity contribution < 1.29 is 14.0 Å². The number of carbonyl (C=O) groups is 2. The highest BCUT2D eigenvalue weighted by Crippen LogP contribution is 2.32. The molecule has 0 spiro atoms. The van der Waals surface area contributed by atoms with Gasteiger partial charge in [-0.15, -0.1) is 0 Å². The van der Waals surface area contributed by atoms with Crippen LogP contribution in [0.25, 0.3) is 10.8 Å². The third-order valence-corrected chi connectivity index (χ3v) is 6.68. The zero-order valence-corrected chi connectivity index (χ0v) is 18.4. The fourth-order valence-corrected chi connectivity index (χ4v) is 4.56. The molecule has 1 unspecified atom stereocenters. The molecule has 5 rings (SSSR count). The van der Waals surface area contributed by atoms with E-state index in [1.54, 1.807) is 41.1 Å². The quantitative estimate of drug-likeness (QED) is 0.650. The Balaban J connectivity index is 1.35. The number of likely N-dealkylation sites (N-methyl/N-ethyl adjacent to an activating group) is 1. The summed E-state index contributed by atoms with van der Waals surface area (Å²) in [5, 5.41) is 7.95. The number of aromatic amines is 1. The van der Waals surface area contributed by atoms with Crippen LogP contribution < -0.4 is 5.56 Å². The molecule has 8 heteroatoms.